The number of alkyl halides is 3. The van der Waals surface area contributed by atoms with E-state index in [-0.39, 0.29) is 18.7 Å². The molecule has 1 amide bonds. The molecule has 0 atom stereocenters. The monoisotopic (exact) mass is 417 g/mol. The molecule has 2 aliphatic rings. The first-order valence-electron chi connectivity index (χ1n) is 10.2. The number of piperidine rings is 1. The number of benzene rings is 2. The first kappa shape index (κ1) is 20.6. The van der Waals surface area contributed by atoms with Gasteiger partial charge >= 0.3 is 6.18 Å². The average Bonchev–Trinajstić information content (AvgIpc) is 2.92. The maximum Gasteiger partial charge on any atom is 0.391 e. The van der Waals surface area contributed by atoms with Gasteiger partial charge in [-0.05, 0) is 81.1 Å². The maximum atomic E-state index is 12.9. The lowest BCUT2D eigenvalue weighted by atomic mass is 9.86. The van der Waals surface area contributed by atoms with Gasteiger partial charge in [0.1, 0.15) is 0 Å². The van der Waals surface area contributed by atoms with Crippen LogP contribution in [0.15, 0.2) is 36.4 Å². The van der Waals surface area contributed by atoms with Crippen LogP contribution in [0, 0.1) is 12.8 Å². The lowest BCUT2D eigenvalue weighted by Crippen LogP contribution is -2.39. The smallest absolute Gasteiger partial charge is 0.371 e. The van der Waals surface area contributed by atoms with Crippen LogP contribution >= 0.6 is 0 Å². The third-order valence-corrected chi connectivity index (χ3v) is 6.32. The van der Waals surface area contributed by atoms with Crippen molar-refractivity contribution in [3.63, 3.8) is 0 Å². The molecule has 2 aromatic rings. The number of halogens is 3. The minimum atomic E-state index is -4.10. The van der Waals surface area contributed by atoms with Gasteiger partial charge in [0.2, 0.25) is 5.91 Å². The standard InChI is InChI=1S/C23H26F3N3O/c1-14-12-17(29-10-8-15(9-11-29)23(24,25)26)5-7-19(14)27-16-4-6-20-18(13-16)22(2,3)21(30)28-20/h4-7,12-13,15,27H,8-11H2,1-3H3,(H,28,30). The van der Waals surface area contributed by atoms with Gasteiger partial charge in [0.15, 0.2) is 0 Å². The molecule has 0 bridgehead atoms. The summed E-state index contributed by atoms with van der Waals surface area (Å²) >= 11 is 0. The van der Waals surface area contributed by atoms with E-state index in [9.17, 15) is 18.0 Å². The van der Waals surface area contributed by atoms with E-state index in [1.54, 1.807) is 0 Å². The summed E-state index contributed by atoms with van der Waals surface area (Å²) < 4.78 is 38.7. The van der Waals surface area contributed by atoms with Crippen LogP contribution in [0.3, 0.4) is 0 Å². The number of rotatable bonds is 3. The predicted octanol–water partition coefficient (Wildman–Crippen LogP) is 5.75. The second kappa shape index (κ2) is 7.22. The normalized spacial score (nSPS) is 18.9. The first-order valence-corrected chi connectivity index (χ1v) is 10.2. The summed E-state index contributed by atoms with van der Waals surface area (Å²) in [5.74, 6) is -1.20. The molecule has 2 heterocycles. The van der Waals surface area contributed by atoms with Crippen LogP contribution in [0.1, 0.15) is 37.8 Å². The van der Waals surface area contributed by atoms with Gasteiger partial charge in [0.25, 0.3) is 0 Å². The van der Waals surface area contributed by atoms with Gasteiger partial charge in [0, 0.05) is 35.8 Å². The van der Waals surface area contributed by atoms with E-state index in [1.165, 1.54) is 0 Å². The van der Waals surface area contributed by atoms with Gasteiger partial charge < -0.3 is 15.5 Å². The lowest BCUT2D eigenvalue weighted by molar-refractivity contribution is -0.179. The van der Waals surface area contributed by atoms with Crippen molar-refractivity contribution >= 4 is 28.7 Å². The Morgan fingerprint density at radius 1 is 1.10 bits per heavy atom. The highest BCUT2D eigenvalue weighted by molar-refractivity contribution is 6.06. The molecule has 0 saturated carbocycles. The number of hydrogen-bond donors (Lipinski definition) is 2. The van der Waals surface area contributed by atoms with Crippen LogP contribution in [-0.4, -0.2) is 25.2 Å². The fourth-order valence-electron chi connectivity index (χ4n) is 4.25. The molecule has 0 aromatic heterocycles. The van der Waals surface area contributed by atoms with Crippen molar-refractivity contribution in [3.05, 3.63) is 47.5 Å². The van der Waals surface area contributed by atoms with Crippen LogP contribution < -0.4 is 15.5 Å². The Bertz CT molecular complexity index is 976. The second-order valence-corrected chi connectivity index (χ2v) is 8.77. The third kappa shape index (κ3) is 3.73. The molecule has 0 spiro atoms. The molecular formula is C23H26F3N3O. The molecule has 2 aromatic carbocycles. The number of fused-ring (bicyclic) bond motifs is 1. The topological polar surface area (TPSA) is 44.4 Å². The number of hydrogen-bond acceptors (Lipinski definition) is 3. The summed E-state index contributed by atoms with van der Waals surface area (Å²) in [6.07, 6.45) is -3.82. The molecule has 4 nitrogen and oxygen atoms in total. The largest absolute Gasteiger partial charge is 0.391 e. The Balaban J connectivity index is 1.48. The van der Waals surface area contributed by atoms with Gasteiger partial charge in [0.05, 0.1) is 11.3 Å². The lowest BCUT2D eigenvalue weighted by Gasteiger charge is -2.34. The molecule has 2 N–H and O–H groups in total. The number of amides is 1. The Labute approximate surface area is 174 Å². The Hall–Kier alpha value is -2.70. The first-order chi connectivity index (χ1) is 14.1. The van der Waals surface area contributed by atoms with Gasteiger partial charge in [-0.15, -0.1) is 0 Å². The van der Waals surface area contributed by atoms with Crippen LogP contribution in [0.5, 0.6) is 0 Å². The number of nitrogens with one attached hydrogen (secondary N) is 2. The van der Waals surface area contributed by atoms with E-state index in [1.807, 2.05) is 62.1 Å². The van der Waals surface area contributed by atoms with Crippen molar-refractivity contribution in [1.82, 2.24) is 0 Å². The maximum absolute atomic E-state index is 12.9. The van der Waals surface area contributed by atoms with Gasteiger partial charge in [-0.25, -0.2) is 0 Å². The van der Waals surface area contributed by atoms with E-state index in [2.05, 4.69) is 10.6 Å². The molecule has 4 rings (SSSR count). The molecule has 2 aliphatic heterocycles. The van der Waals surface area contributed by atoms with Crippen LogP contribution in [-0.2, 0) is 10.2 Å². The number of carbonyl (C=O) groups is 1. The van der Waals surface area contributed by atoms with E-state index in [0.717, 1.165) is 33.9 Å². The molecule has 0 unspecified atom stereocenters. The van der Waals surface area contributed by atoms with Gasteiger partial charge in [-0.1, -0.05) is 0 Å². The zero-order valence-corrected chi connectivity index (χ0v) is 17.4. The van der Waals surface area contributed by atoms with Crippen molar-refractivity contribution in [2.75, 3.05) is 28.6 Å². The predicted molar refractivity (Wildman–Crippen MR) is 114 cm³/mol. The van der Waals surface area contributed by atoms with Crippen molar-refractivity contribution in [3.8, 4) is 0 Å². The number of carbonyl (C=O) groups excluding carboxylic acids is 1. The highest BCUT2D eigenvalue weighted by Gasteiger charge is 2.41. The van der Waals surface area contributed by atoms with Crippen LogP contribution in [0.4, 0.5) is 35.9 Å². The van der Waals surface area contributed by atoms with Crippen LogP contribution in [0.2, 0.25) is 0 Å². The quantitative estimate of drug-likeness (QED) is 0.669. The summed E-state index contributed by atoms with van der Waals surface area (Å²) in [5, 5.41) is 6.31. The Kier molecular flexibility index (Phi) is 4.95. The average molecular weight is 417 g/mol. The van der Waals surface area contributed by atoms with Gasteiger partial charge in [-0.2, -0.15) is 13.2 Å². The minimum absolute atomic E-state index is 0.00974. The molecule has 1 saturated heterocycles. The fraction of sp³-hybridized carbons (Fsp3) is 0.435. The van der Waals surface area contributed by atoms with E-state index in [0.29, 0.717) is 13.1 Å². The Morgan fingerprint density at radius 3 is 2.43 bits per heavy atom. The SMILES string of the molecule is Cc1cc(N2CCC(C(F)(F)F)CC2)ccc1Nc1ccc2c(c1)C(C)(C)C(=O)N2. The van der Waals surface area contributed by atoms with Crippen molar-refractivity contribution < 1.29 is 18.0 Å². The zero-order chi connectivity index (χ0) is 21.7. The molecule has 1 fully saturated rings. The summed E-state index contributed by atoms with van der Waals surface area (Å²) in [5.41, 5.74) is 5.00. The summed E-state index contributed by atoms with van der Waals surface area (Å²) in [6, 6.07) is 11.7. The van der Waals surface area contributed by atoms with Gasteiger partial charge in [-0.3, -0.25) is 4.79 Å². The Morgan fingerprint density at radius 2 is 1.80 bits per heavy atom. The number of anilines is 4. The fourth-order valence-corrected chi connectivity index (χ4v) is 4.25. The summed E-state index contributed by atoms with van der Waals surface area (Å²) in [6.45, 7) is 6.62. The molecule has 0 aliphatic carbocycles. The molecule has 160 valence electrons. The molecular weight excluding hydrogens is 391 g/mol. The number of aryl methyl sites for hydroxylation is 1. The second-order valence-electron chi connectivity index (χ2n) is 8.77. The minimum Gasteiger partial charge on any atom is -0.371 e. The highest BCUT2D eigenvalue weighted by atomic mass is 19.4. The van der Waals surface area contributed by atoms with E-state index in [4.69, 9.17) is 0 Å². The summed E-state index contributed by atoms with van der Waals surface area (Å²) in [7, 11) is 0. The van der Waals surface area contributed by atoms with Crippen molar-refractivity contribution in [2.24, 2.45) is 5.92 Å². The van der Waals surface area contributed by atoms with Crippen molar-refractivity contribution in [1.29, 1.82) is 0 Å². The zero-order valence-electron chi connectivity index (χ0n) is 17.4. The third-order valence-electron chi connectivity index (χ3n) is 6.32. The van der Waals surface area contributed by atoms with Crippen LogP contribution in [0.25, 0.3) is 0 Å². The van der Waals surface area contributed by atoms with E-state index < -0.39 is 17.5 Å². The number of nitrogens with zero attached hydrogens (tertiary/aromatic N) is 1. The molecule has 0 radical (unpaired) electrons. The van der Waals surface area contributed by atoms with E-state index >= 15 is 0 Å². The molecule has 30 heavy (non-hydrogen) atoms. The summed E-state index contributed by atoms with van der Waals surface area (Å²) in [4.78, 5) is 14.2. The van der Waals surface area contributed by atoms with Crippen molar-refractivity contribution in [2.45, 2.75) is 45.2 Å². The highest BCUT2D eigenvalue weighted by Crippen LogP contribution is 2.40. The molecule has 7 heteroatoms.